The molecule has 0 aliphatic carbocycles. The SMILES string of the molecule is COc1ccc(Oc2ncc(C)cc2N)cc1[N+](=O)[O-]. The van der Waals surface area contributed by atoms with Gasteiger partial charge in [0.2, 0.25) is 5.88 Å². The molecule has 0 radical (unpaired) electrons. The van der Waals surface area contributed by atoms with Crippen LogP contribution in [0.5, 0.6) is 17.4 Å². The Morgan fingerprint density at radius 2 is 2.10 bits per heavy atom. The Morgan fingerprint density at radius 1 is 1.35 bits per heavy atom. The Kier molecular flexibility index (Phi) is 3.69. The number of rotatable bonds is 4. The van der Waals surface area contributed by atoms with Crippen LogP contribution >= 0.6 is 0 Å². The number of aryl methyl sites for hydroxylation is 1. The molecule has 0 saturated carbocycles. The van der Waals surface area contributed by atoms with Gasteiger partial charge < -0.3 is 15.2 Å². The van der Waals surface area contributed by atoms with Crippen LogP contribution in [-0.2, 0) is 0 Å². The first-order valence-corrected chi connectivity index (χ1v) is 5.73. The van der Waals surface area contributed by atoms with E-state index in [-0.39, 0.29) is 23.1 Å². The molecular weight excluding hydrogens is 262 g/mol. The summed E-state index contributed by atoms with van der Waals surface area (Å²) in [5.74, 6) is 0.628. The van der Waals surface area contributed by atoms with E-state index in [9.17, 15) is 10.1 Å². The molecule has 1 aromatic heterocycles. The fourth-order valence-electron chi connectivity index (χ4n) is 1.65. The van der Waals surface area contributed by atoms with E-state index >= 15 is 0 Å². The smallest absolute Gasteiger partial charge is 0.314 e. The summed E-state index contributed by atoms with van der Waals surface area (Å²) in [6, 6.07) is 5.98. The molecule has 1 aromatic carbocycles. The lowest BCUT2D eigenvalue weighted by molar-refractivity contribution is -0.385. The minimum absolute atomic E-state index is 0.159. The summed E-state index contributed by atoms with van der Waals surface area (Å²) in [5, 5.41) is 10.9. The van der Waals surface area contributed by atoms with Gasteiger partial charge in [-0.3, -0.25) is 10.1 Å². The quantitative estimate of drug-likeness (QED) is 0.680. The molecule has 2 aromatic rings. The fourth-order valence-corrected chi connectivity index (χ4v) is 1.65. The highest BCUT2D eigenvalue weighted by Crippen LogP contribution is 2.33. The minimum Gasteiger partial charge on any atom is -0.490 e. The van der Waals surface area contributed by atoms with E-state index < -0.39 is 4.92 Å². The molecule has 1 heterocycles. The summed E-state index contributed by atoms with van der Waals surface area (Å²) in [5.41, 5.74) is 6.86. The highest BCUT2D eigenvalue weighted by atomic mass is 16.6. The van der Waals surface area contributed by atoms with E-state index in [1.807, 2.05) is 6.92 Å². The first-order chi connectivity index (χ1) is 9.51. The highest BCUT2D eigenvalue weighted by molar-refractivity contribution is 5.54. The Morgan fingerprint density at radius 3 is 2.70 bits per heavy atom. The first-order valence-electron chi connectivity index (χ1n) is 5.73. The molecule has 0 bridgehead atoms. The lowest BCUT2D eigenvalue weighted by Gasteiger charge is -2.08. The zero-order valence-electron chi connectivity index (χ0n) is 11.0. The molecule has 0 spiro atoms. The number of pyridine rings is 1. The second-order valence-corrected chi connectivity index (χ2v) is 4.10. The molecule has 0 amide bonds. The summed E-state index contributed by atoms with van der Waals surface area (Å²) < 4.78 is 10.4. The zero-order valence-corrected chi connectivity index (χ0v) is 11.0. The fraction of sp³-hybridized carbons (Fsp3) is 0.154. The van der Waals surface area contributed by atoms with Crippen LogP contribution in [0.15, 0.2) is 30.5 Å². The van der Waals surface area contributed by atoms with Gasteiger partial charge in [-0.15, -0.1) is 0 Å². The number of nitrogens with two attached hydrogens (primary N) is 1. The zero-order chi connectivity index (χ0) is 14.7. The highest BCUT2D eigenvalue weighted by Gasteiger charge is 2.16. The third kappa shape index (κ3) is 2.77. The van der Waals surface area contributed by atoms with Gasteiger partial charge >= 0.3 is 5.69 Å². The van der Waals surface area contributed by atoms with Crippen molar-refractivity contribution in [1.82, 2.24) is 4.98 Å². The predicted molar refractivity (Wildman–Crippen MR) is 73.1 cm³/mol. The van der Waals surface area contributed by atoms with Gasteiger partial charge in [-0.05, 0) is 30.7 Å². The Hall–Kier alpha value is -2.83. The lowest BCUT2D eigenvalue weighted by atomic mass is 10.2. The normalized spacial score (nSPS) is 10.1. The molecule has 2 N–H and O–H groups in total. The minimum atomic E-state index is -0.544. The van der Waals surface area contributed by atoms with Crippen LogP contribution in [0.25, 0.3) is 0 Å². The van der Waals surface area contributed by atoms with Crippen molar-refractivity contribution in [2.24, 2.45) is 0 Å². The number of nitrogen functional groups attached to an aromatic ring is 1. The maximum absolute atomic E-state index is 10.9. The largest absolute Gasteiger partial charge is 0.490 e. The van der Waals surface area contributed by atoms with Crippen molar-refractivity contribution in [3.8, 4) is 17.4 Å². The molecule has 0 aliphatic heterocycles. The van der Waals surface area contributed by atoms with E-state index in [1.54, 1.807) is 18.3 Å². The number of nitrogens with zero attached hydrogens (tertiary/aromatic N) is 2. The van der Waals surface area contributed by atoms with Crippen molar-refractivity contribution >= 4 is 11.4 Å². The Labute approximate surface area is 115 Å². The van der Waals surface area contributed by atoms with E-state index in [0.29, 0.717) is 5.69 Å². The second kappa shape index (κ2) is 5.43. The van der Waals surface area contributed by atoms with Gasteiger partial charge in [0.25, 0.3) is 0 Å². The molecule has 7 nitrogen and oxygen atoms in total. The molecule has 0 aliphatic rings. The van der Waals surface area contributed by atoms with Crippen LogP contribution in [-0.4, -0.2) is 17.0 Å². The van der Waals surface area contributed by atoms with Crippen LogP contribution in [0.2, 0.25) is 0 Å². The van der Waals surface area contributed by atoms with E-state index in [1.165, 1.54) is 19.2 Å². The van der Waals surface area contributed by atoms with Crippen molar-refractivity contribution in [3.63, 3.8) is 0 Å². The number of nitro benzene ring substituents is 1. The van der Waals surface area contributed by atoms with E-state index in [0.717, 1.165) is 5.56 Å². The van der Waals surface area contributed by atoms with Gasteiger partial charge in [0, 0.05) is 6.20 Å². The van der Waals surface area contributed by atoms with Gasteiger partial charge in [0.05, 0.1) is 23.8 Å². The molecule has 0 atom stereocenters. The summed E-state index contributed by atoms with van der Waals surface area (Å²) in [6.45, 7) is 1.85. The molecule has 0 fully saturated rings. The second-order valence-electron chi connectivity index (χ2n) is 4.10. The summed E-state index contributed by atoms with van der Waals surface area (Å²) >= 11 is 0. The van der Waals surface area contributed by atoms with Gasteiger partial charge in [0.1, 0.15) is 5.75 Å². The molecule has 2 rings (SSSR count). The molecule has 7 heteroatoms. The topological polar surface area (TPSA) is 101 Å². The lowest BCUT2D eigenvalue weighted by Crippen LogP contribution is -1.97. The average molecular weight is 275 g/mol. The Bertz CT molecular complexity index is 658. The summed E-state index contributed by atoms with van der Waals surface area (Å²) in [4.78, 5) is 14.4. The Balaban J connectivity index is 2.34. The van der Waals surface area contributed by atoms with Crippen LogP contribution in [0.1, 0.15) is 5.56 Å². The number of methoxy groups -OCH3 is 1. The molecule has 0 saturated heterocycles. The van der Waals surface area contributed by atoms with Gasteiger partial charge in [-0.25, -0.2) is 4.98 Å². The maximum atomic E-state index is 10.9. The van der Waals surface area contributed by atoms with E-state index in [4.69, 9.17) is 15.2 Å². The van der Waals surface area contributed by atoms with Crippen molar-refractivity contribution in [3.05, 3.63) is 46.1 Å². The van der Waals surface area contributed by atoms with Gasteiger partial charge in [-0.2, -0.15) is 0 Å². The van der Waals surface area contributed by atoms with Crippen molar-refractivity contribution in [2.75, 3.05) is 12.8 Å². The van der Waals surface area contributed by atoms with Crippen LogP contribution in [0.4, 0.5) is 11.4 Å². The number of aromatic nitrogens is 1. The number of hydrogen-bond donors (Lipinski definition) is 1. The number of anilines is 1. The van der Waals surface area contributed by atoms with Crippen LogP contribution < -0.4 is 15.2 Å². The summed E-state index contributed by atoms with van der Waals surface area (Å²) in [6.07, 6.45) is 1.60. The van der Waals surface area contributed by atoms with Crippen LogP contribution in [0, 0.1) is 17.0 Å². The molecule has 20 heavy (non-hydrogen) atoms. The van der Waals surface area contributed by atoms with Crippen molar-refractivity contribution in [1.29, 1.82) is 0 Å². The van der Waals surface area contributed by atoms with Crippen molar-refractivity contribution < 1.29 is 14.4 Å². The summed E-state index contributed by atoms with van der Waals surface area (Å²) in [7, 11) is 1.36. The van der Waals surface area contributed by atoms with Gasteiger partial charge in [0.15, 0.2) is 5.75 Å². The number of nitro groups is 1. The first kappa shape index (κ1) is 13.6. The van der Waals surface area contributed by atoms with Crippen molar-refractivity contribution in [2.45, 2.75) is 6.92 Å². The third-order valence-corrected chi connectivity index (χ3v) is 2.58. The number of benzene rings is 1. The maximum Gasteiger partial charge on any atom is 0.314 e. The number of hydrogen-bond acceptors (Lipinski definition) is 6. The third-order valence-electron chi connectivity index (χ3n) is 2.58. The van der Waals surface area contributed by atoms with Crippen LogP contribution in [0.3, 0.4) is 0 Å². The number of ether oxygens (including phenoxy) is 2. The van der Waals surface area contributed by atoms with Gasteiger partial charge in [-0.1, -0.05) is 0 Å². The molecular formula is C13H13N3O4. The molecule has 104 valence electrons. The molecule has 0 unspecified atom stereocenters. The van der Waals surface area contributed by atoms with E-state index in [2.05, 4.69) is 4.98 Å². The monoisotopic (exact) mass is 275 g/mol. The average Bonchev–Trinajstić information content (AvgIpc) is 2.41. The predicted octanol–water partition coefficient (Wildman–Crippen LogP) is 2.68. The standard InChI is InChI=1S/C13H13N3O4/c1-8-5-10(14)13(15-7-8)20-9-3-4-12(19-2)11(6-9)16(17)18/h3-7H,14H2,1-2H3.